The number of carbonyl (C=O) groups is 1. The van der Waals surface area contributed by atoms with Crippen LogP contribution in [-0.2, 0) is 4.79 Å². The summed E-state index contributed by atoms with van der Waals surface area (Å²) in [4.78, 5) is 19.1. The number of anilines is 2. The number of carbonyl (C=O) groups excluding carboxylic acids is 1. The molecule has 144 valence electrons. The number of H-pyrrole nitrogens is 1. The molecule has 1 saturated heterocycles. The number of aromatic amines is 1. The number of aromatic nitrogens is 3. The molecule has 8 heteroatoms. The number of halogens is 1. The highest BCUT2D eigenvalue weighted by Crippen LogP contribution is 2.42. The third-order valence-corrected chi connectivity index (χ3v) is 5.46. The molecule has 5 rings (SSSR count). The van der Waals surface area contributed by atoms with Crippen molar-refractivity contribution in [2.45, 2.75) is 25.8 Å². The van der Waals surface area contributed by atoms with Crippen LogP contribution in [0.3, 0.4) is 0 Å². The van der Waals surface area contributed by atoms with Crippen LogP contribution in [0.1, 0.15) is 31.4 Å². The Kier molecular flexibility index (Phi) is 3.92. The number of rotatable bonds is 0. The SMILES string of the molecule is C[C@@H]1COc2ccc(F)cc2[C@H]2CCCN2c2n[nH]c3ncc(cc23)NC1=O. The highest BCUT2D eigenvalue weighted by Gasteiger charge is 2.32. The molecule has 7 nitrogen and oxygen atoms in total. The first-order valence-electron chi connectivity index (χ1n) is 9.44. The van der Waals surface area contributed by atoms with E-state index in [1.54, 1.807) is 19.2 Å². The minimum Gasteiger partial charge on any atom is -0.492 e. The van der Waals surface area contributed by atoms with E-state index >= 15 is 0 Å². The van der Waals surface area contributed by atoms with E-state index < -0.39 is 0 Å². The summed E-state index contributed by atoms with van der Waals surface area (Å²) in [5.41, 5.74) is 2.05. The zero-order valence-corrected chi connectivity index (χ0v) is 15.4. The van der Waals surface area contributed by atoms with Crippen molar-refractivity contribution in [2.24, 2.45) is 5.92 Å². The molecule has 1 amide bonds. The Balaban J connectivity index is 1.69. The molecular weight excluding hydrogens is 361 g/mol. The largest absolute Gasteiger partial charge is 0.492 e. The van der Waals surface area contributed by atoms with Gasteiger partial charge in [-0.2, -0.15) is 5.10 Å². The normalized spacial score (nSPS) is 21.9. The number of hydrogen-bond donors (Lipinski definition) is 2. The predicted octanol–water partition coefficient (Wildman–Crippen LogP) is 3.41. The molecule has 0 aliphatic carbocycles. The molecule has 2 aliphatic heterocycles. The van der Waals surface area contributed by atoms with Gasteiger partial charge in [0.25, 0.3) is 0 Å². The zero-order chi connectivity index (χ0) is 19.3. The molecule has 0 saturated carbocycles. The third kappa shape index (κ3) is 2.76. The van der Waals surface area contributed by atoms with Gasteiger partial charge in [0, 0.05) is 12.1 Å². The number of nitrogens with zero attached hydrogens (tertiary/aromatic N) is 3. The van der Waals surface area contributed by atoms with Crippen LogP contribution in [0.4, 0.5) is 15.9 Å². The van der Waals surface area contributed by atoms with Gasteiger partial charge >= 0.3 is 0 Å². The lowest BCUT2D eigenvalue weighted by Crippen LogP contribution is -2.26. The van der Waals surface area contributed by atoms with E-state index in [0.717, 1.165) is 36.2 Å². The van der Waals surface area contributed by atoms with Crippen LogP contribution in [0, 0.1) is 11.7 Å². The van der Waals surface area contributed by atoms with Gasteiger partial charge in [-0.1, -0.05) is 6.92 Å². The van der Waals surface area contributed by atoms with E-state index in [2.05, 4.69) is 25.4 Å². The van der Waals surface area contributed by atoms with E-state index in [-0.39, 0.29) is 30.3 Å². The van der Waals surface area contributed by atoms with E-state index in [0.29, 0.717) is 17.1 Å². The Morgan fingerprint density at radius 1 is 1.32 bits per heavy atom. The minimum atomic E-state index is -0.377. The fourth-order valence-corrected chi connectivity index (χ4v) is 3.99. The maximum absolute atomic E-state index is 14.1. The van der Waals surface area contributed by atoms with E-state index in [1.165, 1.54) is 12.1 Å². The lowest BCUT2D eigenvalue weighted by Gasteiger charge is -2.27. The summed E-state index contributed by atoms with van der Waals surface area (Å²) in [7, 11) is 0. The van der Waals surface area contributed by atoms with E-state index in [4.69, 9.17) is 4.74 Å². The Hall–Kier alpha value is -3.16. The van der Waals surface area contributed by atoms with Crippen molar-refractivity contribution in [3.8, 4) is 5.75 Å². The number of pyridine rings is 1. The van der Waals surface area contributed by atoms with Gasteiger partial charge in [-0.05, 0) is 37.1 Å². The van der Waals surface area contributed by atoms with Crippen LogP contribution >= 0.6 is 0 Å². The first kappa shape index (κ1) is 17.0. The zero-order valence-electron chi connectivity index (χ0n) is 15.4. The van der Waals surface area contributed by atoms with Gasteiger partial charge in [-0.3, -0.25) is 9.89 Å². The minimum absolute atomic E-state index is 0.0550. The summed E-state index contributed by atoms with van der Waals surface area (Å²) in [6, 6.07) is 6.39. The quantitative estimate of drug-likeness (QED) is 0.624. The van der Waals surface area contributed by atoms with Crippen molar-refractivity contribution in [3.63, 3.8) is 0 Å². The second-order valence-electron chi connectivity index (χ2n) is 7.40. The van der Waals surface area contributed by atoms with Crippen molar-refractivity contribution < 1.29 is 13.9 Å². The molecule has 2 atom stereocenters. The molecule has 2 aromatic heterocycles. The van der Waals surface area contributed by atoms with Gasteiger partial charge < -0.3 is 15.0 Å². The van der Waals surface area contributed by atoms with Crippen molar-refractivity contribution >= 4 is 28.4 Å². The third-order valence-electron chi connectivity index (χ3n) is 5.46. The highest BCUT2D eigenvalue weighted by atomic mass is 19.1. The summed E-state index contributed by atoms with van der Waals surface area (Å²) in [6.45, 7) is 2.81. The lowest BCUT2D eigenvalue weighted by atomic mass is 10.0. The molecule has 4 heterocycles. The van der Waals surface area contributed by atoms with E-state index in [1.807, 2.05) is 6.07 Å². The average molecular weight is 381 g/mol. The first-order valence-corrected chi connectivity index (χ1v) is 9.44. The molecule has 2 N–H and O–H groups in total. The summed E-state index contributed by atoms with van der Waals surface area (Å²) in [5, 5.41) is 11.2. The van der Waals surface area contributed by atoms with Crippen LogP contribution < -0.4 is 15.0 Å². The number of hydrogen-bond acceptors (Lipinski definition) is 5. The maximum Gasteiger partial charge on any atom is 0.230 e. The van der Waals surface area contributed by atoms with E-state index in [9.17, 15) is 9.18 Å². The van der Waals surface area contributed by atoms with Crippen molar-refractivity contribution in [1.29, 1.82) is 0 Å². The van der Waals surface area contributed by atoms with Crippen molar-refractivity contribution in [2.75, 3.05) is 23.4 Å². The fraction of sp³-hybridized carbons (Fsp3) is 0.350. The average Bonchev–Trinajstić information content (AvgIpc) is 3.32. The fourth-order valence-electron chi connectivity index (χ4n) is 3.99. The highest BCUT2D eigenvalue weighted by molar-refractivity contribution is 5.96. The number of benzene rings is 1. The molecule has 0 spiro atoms. The molecule has 2 aliphatic rings. The molecule has 1 fully saturated rings. The summed E-state index contributed by atoms with van der Waals surface area (Å²) in [6.07, 6.45) is 3.45. The van der Waals surface area contributed by atoms with Gasteiger partial charge in [-0.15, -0.1) is 0 Å². The predicted molar refractivity (Wildman–Crippen MR) is 103 cm³/mol. The number of ether oxygens (including phenoxy) is 1. The number of nitrogens with one attached hydrogen (secondary N) is 2. The first-order chi connectivity index (χ1) is 13.6. The topological polar surface area (TPSA) is 83.1 Å². The summed E-state index contributed by atoms with van der Waals surface area (Å²) < 4.78 is 20.1. The van der Waals surface area contributed by atoms with Crippen molar-refractivity contribution in [3.05, 3.63) is 41.8 Å². The molecule has 28 heavy (non-hydrogen) atoms. The van der Waals surface area contributed by atoms with Gasteiger partial charge in [0.15, 0.2) is 11.5 Å². The van der Waals surface area contributed by atoms with Crippen LogP contribution in [-0.4, -0.2) is 34.2 Å². The maximum atomic E-state index is 14.1. The molecule has 1 aromatic carbocycles. The van der Waals surface area contributed by atoms with Crippen LogP contribution in [0.5, 0.6) is 5.75 Å². The monoisotopic (exact) mass is 381 g/mol. The molecule has 0 unspecified atom stereocenters. The molecule has 0 radical (unpaired) electrons. The Bertz CT molecular complexity index is 1070. The molecule has 2 bridgehead atoms. The van der Waals surface area contributed by atoms with Crippen LogP contribution in [0.15, 0.2) is 30.5 Å². The van der Waals surface area contributed by atoms with Gasteiger partial charge in [0.05, 0.1) is 35.8 Å². The Morgan fingerprint density at radius 3 is 3.11 bits per heavy atom. The standard InChI is InChI=1S/C20H20FN5O2/c1-11-10-28-17-5-4-12(21)7-14(17)16-3-2-6-26(16)19-15-8-13(23-20(11)27)9-22-18(15)24-25-19/h4-5,7-9,11,16H,2-3,6,10H2,1H3,(H,23,27)(H,22,24,25)/t11-,16-/m1/s1. The smallest absolute Gasteiger partial charge is 0.230 e. The van der Waals surface area contributed by atoms with Gasteiger partial charge in [0.2, 0.25) is 5.91 Å². The van der Waals surface area contributed by atoms with Crippen LogP contribution in [0.2, 0.25) is 0 Å². The molecular formula is C20H20FN5O2. The van der Waals surface area contributed by atoms with Gasteiger partial charge in [-0.25, -0.2) is 9.37 Å². The lowest BCUT2D eigenvalue weighted by molar-refractivity contribution is -0.120. The van der Waals surface area contributed by atoms with Gasteiger partial charge in [0.1, 0.15) is 11.6 Å². The van der Waals surface area contributed by atoms with Crippen molar-refractivity contribution in [1.82, 2.24) is 15.2 Å². The second kappa shape index (κ2) is 6.47. The summed E-state index contributed by atoms with van der Waals surface area (Å²) >= 11 is 0. The number of amides is 1. The molecule has 3 aromatic rings. The summed E-state index contributed by atoms with van der Waals surface area (Å²) in [5.74, 6) is 0.519. The Morgan fingerprint density at radius 2 is 2.21 bits per heavy atom. The Labute approximate surface area is 160 Å². The second-order valence-corrected chi connectivity index (χ2v) is 7.40. The van der Waals surface area contributed by atoms with Crippen LogP contribution in [0.25, 0.3) is 11.0 Å². The number of fused-ring (bicyclic) bond motifs is 5.